The summed E-state index contributed by atoms with van der Waals surface area (Å²) in [5.41, 5.74) is 1.32. The summed E-state index contributed by atoms with van der Waals surface area (Å²) in [7, 11) is 1.34. The molecular weight excluding hydrogens is 455 g/mol. The number of thiophene rings is 1. The maximum Gasteiger partial charge on any atom is 0.416 e. The molecule has 1 N–H and O–H groups in total. The third-order valence-corrected chi connectivity index (χ3v) is 7.30. The Morgan fingerprint density at radius 1 is 1.12 bits per heavy atom. The molecule has 1 amide bonds. The molecule has 0 atom stereocenters. The van der Waals surface area contributed by atoms with Crippen LogP contribution in [0.2, 0.25) is 0 Å². The van der Waals surface area contributed by atoms with Crippen LogP contribution in [0.5, 0.6) is 0 Å². The molecule has 0 bridgehead atoms. The van der Waals surface area contributed by atoms with Crippen LogP contribution in [-0.2, 0) is 28.5 Å². The summed E-state index contributed by atoms with van der Waals surface area (Å²) in [6.07, 6.45) is -0.587. The minimum atomic E-state index is -4.38. The van der Waals surface area contributed by atoms with Crippen molar-refractivity contribution in [3.8, 4) is 0 Å². The number of hydrogen-bond acceptors (Lipinski definition) is 6. The summed E-state index contributed by atoms with van der Waals surface area (Å²) in [5.74, 6) is -0.648. The van der Waals surface area contributed by atoms with Crippen LogP contribution in [-0.4, -0.2) is 56.6 Å². The molecule has 0 saturated carbocycles. The topological polar surface area (TPSA) is 61.9 Å². The van der Waals surface area contributed by atoms with E-state index in [4.69, 9.17) is 4.74 Å². The van der Waals surface area contributed by atoms with Crippen LogP contribution in [0.4, 0.5) is 23.9 Å². The number of hydrogen-bond donors (Lipinski definition) is 1. The van der Waals surface area contributed by atoms with Crippen LogP contribution in [0, 0.1) is 0 Å². The first-order valence-electron chi connectivity index (χ1n) is 10.9. The number of nitrogens with zero attached hydrogens (tertiary/aromatic N) is 2. The van der Waals surface area contributed by atoms with Crippen molar-refractivity contribution in [1.29, 1.82) is 0 Å². The molecule has 10 heteroatoms. The third kappa shape index (κ3) is 5.33. The molecule has 33 heavy (non-hydrogen) atoms. The summed E-state index contributed by atoms with van der Waals surface area (Å²) in [6, 6.07) is 5.31. The Kier molecular flexibility index (Phi) is 6.94. The van der Waals surface area contributed by atoms with E-state index in [-0.39, 0.29) is 12.5 Å². The smallest absolute Gasteiger partial charge is 0.416 e. The van der Waals surface area contributed by atoms with Gasteiger partial charge in [-0.25, -0.2) is 4.79 Å². The van der Waals surface area contributed by atoms with Gasteiger partial charge in [-0.1, -0.05) is 6.07 Å². The lowest BCUT2D eigenvalue weighted by Gasteiger charge is -2.36. The van der Waals surface area contributed by atoms with E-state index >= 15 is 0 Å². The molecule has 6 nitrogen and oxygen atoms in total. The number of alkyl halides is 3. The Balaban J connectivity index is 1.36. The van der Waals surface area contributed by atoms with Crippen molar-refractivity contribution < 1.29 is 27.5 Å². The number of rotatable bonds is 5. The summed E-state index contributed by atoms with van der Waals surface area (Å²) in [6.45, 7) is 2.30. The first kappa shape index (κ1) is 23.6. The quantitative estimate of drug-likeness (QED) is 0.649. The van der Waals surface area contributed by atoms with Crippen molar-refractivity contribution in [1.82, 2.24) is 4.90 Å². The van der Waals surface area contributed by atoms with Crippen molar-refractivity contribution in [2.24, 2.45) is 0 Å². The number of nitrogens with one attached hydrogen (secondary N) is 1. The number of halogens is 3. The lowest BCUT2D eigenvalue weighted by atomic mass is 9.95. The van der Waals surface area contributed by atoms with Crippen LogP contribution in [0.1, 0.15) is 39.2 Å². The van der Waals surface area contributed by atoms with Gasteiger partial charge in [0.1, 0.15) is 5.00 Å². The van der Waals surface area contributed by atoms with E-state index in [2.05, 4.69) is 5.32 Å². The van der Waals surface area contributed by atoms with E-state index in [1.54, 1.807) is 6.07 Å². The molecule has 0 unspecified atom stereocenters. The molecule has 0 spiro atoms. The fourth-order valence-corrected chi connectivity index (χ4v) is 5.68. The highest BCUT2D eigenvalue weighted by molar-refractivity contribution is 7.17. The van der Waals surface area contributed by atoms with E-state index in [0.29, 0.717) is 42.4 Å². The van der Waals surface area contributed by atoms with E-state index < -0.39 is 17.7 Å². The van der Waals surface area contributed by atoms with Crippen LogP contribution < -0.4 is 10.2 Å². The van der Waals surface area contributed by atoms with Gasteiger partial charge < -0.3 is 15.0 Å². The molecule has 1 aliphatic carbocycles. The van der Waals surface area contributed by atoms with Gasteiger partial charge in [0.2, 0.25) is 5.91 Å². The molecule has 1 fully saturated rings. The monoisotopic (exact) mass is 481 g/mol. The molecule has 2 heterocycles. The number of piperazine rings is 1. The van der Waals surface area contributed by atoms with E-state index in [1.807, 2.05) is 9.80 Å². The van der Waals surface area contributed by atoms with Gasteiger partial charge in [-0.15, -0.1) is 11.3 Å². The molecule has 4 rings (SSSR count). The minimum Gasteiger partial charge on any atom is -0.465 e. The summed E-state index contributed by atoms with van der Waals surface area (Å²) >= 11 is 1.45. The fraction of sp³-hybridized carbons (Fsp3) is 0.478. The summed E-state index contributed by atoms with van der Waals surface area (Å²) in [4.78, 5) is 30.1. The first-order valence-corrected chi connectivity index (χ1v) is 11.7. The van der Waals surface area contributed by atoms with Crippen molar-refractivity contribution in [3.05, 3.63) is 45.8 Å². The summed E-state index contributed by atoms with van der Waals surface area (Å²) < 4.78 is 43.9. The molecular formula is C23H26F3N3O3S. The molecule has 1 aromatic heterocycles. The lowest BCUT2D eigenvalue weighted by molar-refractivity contribution is -0.137. The molecule has 1 aliphatic heterocycles. The standard InChI is InChI=1S/C23H26F3N3O3S/c1-32-22(31)20-17-7-2-3-8-18(17)33-21(20)27-19(30)14-28-9-11-29(12-10-28)16-6-4-5-15(13-16)23(24,25)26/h4-6,13H,2-3,7-12,14H2,1H3,(H,27,30). The van der Waals surface area contributed by atoms with E-state index in [0.717, 1.165) is 48.3 Å². The van der Waals surface area contributed by atoms with Gasteiger partial charge in [0, 0.05) is 36.7 Å². The normalized spacial score (nSPS) is 16.9. The second kappa shape index (κ2) is 9.72. The number of fused-ring (bicyclic) bond motifs is 1. The number of anilines is 2. The average Bonchev–Trinajstić information content (AvgIpc) is 3.16. The molecule has 0 radical (unpaired) electrons. The molecule has 2 aliphatic rings. The van der Waals surface area contributed by atoms with Crippen LogP contribution in [0.15, 0.2) is 24.3 Å². The second-order valence-electron chi connectivity index (χ2n) is 8.27. The Labute approximate surface area is 194 Å². The Hall–Kier alpha value is -2.59. The van der Waals surface area contributed by atoms with Gasteiger partial charge in [0.25, 0.3) is 0 Å². The number of aryl methyl sites for hydroxylation is 1. The largest absolute Gasteiger partial charge is 0.465 e. The van der Waals surface area contributed by atoms with Gasteiger partial charge in [-0.3, -0.25) is 9.69 Å². The highest BCUT2D eigenvalue weighted by atomic mass is 32.1. The third-order valence-electron chi connectivity index (χ3n) is 6.09. The number of esters is 1. The predicted octanol–water partition coefficient (Wildman–Crippen LogP) is 4.19. The van der Waals surface area contributed by atoms with Crippen molar-refractivity contribution in [3.63, 3.8) is 0 Å². The van der Waals surface area contributed by atoms with Gasteiger partial charge in [-0.2, -0.15) is 13.2 Å². The Bertz CT molecular complexity index is 1030. The highest BCUT2D eigenvalue weighted by Gasteiger charge is 2.31. The highest BCUT2D eigenvalue weighted by Crippen LogP contribution is 2.38. The van der Waals surface area contributed by atoms with Gasteiger partial charge >= 0.3 is 12.1 Å². The average molecular weight is 482 g/mol. The Morgan fingerprint density at radius 2 is 1.85 bits per heavy atom. The second-order valence-corrected chi connectivity index (χ2v) is 9.37. The zero-order valence-electron chi connectivity index (χ0n) is 18.3. The lowest BCUT2D eigenvalue weighted by Crippen LogP contribution is -2.48. The van der Waals surface area contributed by atoms with Crippen molar-refractivity contribution >= 4 is 33.9 Å². The zero-order chi connectivity index (χ0) is 23.6. The number of amides is 1. The number of ether oxygens (including phenoxy) is 1. The maximum absolute atomic E-state index is 13.0. The number of methoxy groups -OCH3 is 1. The van der Waals surface area contributed by atoms with Crippen LogP contribution in [0.3, 0.4) is 0 Å². The zero-order valence-corrected chi connectivity index (χ0v) is 19.2. The van der Waals surface area contributed by atoms with Crippen molar-refractivity contribution in [2.45, 2.75) is 31.9 Å². The van der Waals surface area contributed by atoms with Crippen LogP contribution in [0.25, 0.3) is 0 Å². The predicted molar refractivity (Wildman–Crippen MR) is 121 cm³/mol. The molecule has 1 aromatic carbocycles. The molecule has 2 aromatic rings. The van der Waals surface area contributed by atoms with Gasteiger partial charge in [0.05, 0.1) is 24.8 Å². The van der Waals surface area contributed by atoms with Gasteiger partial charge in [0.15, 0.2) is 0 Å². The molecule has 1 saturated heterocycles. The fourth-order valence-electron chi connectivity index (χ4n) is 4.38. The van der Waals surface area contributed by atoms with Crippen LogP contribution >= 0.6 is 11.3 Å². The van der Waals surface area contributed by atoms with E-state index in [9.17, 15) is 22.8 Å². The SMILES string of the molecule is COC(=O)c1c(NC(=O)CN2CCN(c3cccc(C(F)(F)F)c3)CC2)sc2c1CCCC2. The number of benzene rings is 1. The van der Waals surface area contributed by atoms with Gasteiger partial charge in [-0.05, 0) is 49.4 Å². The Morgan fingerprint density at radius 3 is 2.55 bits per heavy atom. The molecule has 178 valence electrons. The van der Waals surface area contributed by atoms with Crippen molar-refractivity contribution in [2.75, 3.05) is 50.1 Å². The van der Waals surface area contributed by atoms with E-state index in [1.165, 1.54) is 24.5 Å². The minimum absolute atomic E-state index is 0.152. The maximum atomic E-state index is 13.0. The summed E-state index contributed by atoms with van der Waals surface area (Å²) in [5, 5.41) is 3.44. The number of carbonyl (C=O) groups excluding carboxylic acids is 2. The first-order chi connectivity index (χ1) is 15.8. The number of carbonyl (C=O) groups is 2.